The standard InChI is InChI=1S/C29H48N3O17P/c1-10-41-27(37)44-17-47-50(39,48-18-45-28(38)42-11-2)46-15-21(40-9)14-20(5)31-13-12-22(33)32(26(31)36)16-43-24(34)23(19(3)4)30-25(35)49-29(6,7)8/h12-13,19-21,23H,10-11,14-18H2,1-9H3,(H,30,35)/t20-,21?,23?/m0/s1. The lowest BCUT2D eigenvalue weighted by Gasteiger charge is -2.25. The molecule has 0 saturated carbocycles. The zero-order valence-electron chi connectivity index (χ0n) is 29.7. The van der Waals surface area contributed by atoms with Crippen LogP contribution in [0.4, 0.5) is 14.4 Å². The summed E-state index contributed by atoms with van der Waals surface area (Å²) in [5.74, 6) is -1.32. The van der Waals surface area contributed by atoms with Crippen LogP contribution in [0, 0.1) is 5.92 Å². The molecule has 286 valence electrons. The number of alkyl carbamates (subject to hydrolysis) is 1. The number of phosphoric ester groups is 1. The molecule has 2 unspecified atom stereocenters. The van der Waals surface area contributed by atoms with E-state index < -0.39 is 100 Å². The first kappa shape index (κ1) is 44.1. The number of hydrogen-bond acceptors (Lipinski definition) is 17. The molecule has 1 heterocycles. The van der Waals surface area contributed by atoms with Crippen molar-refractivity contribution in [3.05, 3.63) is 33.1 Å². The van der Waals surface area contributed by atoms with Gasteiger partial charge in [-0.2, -0.15) is 0 Å². The molecule has 1 aromatic heterocycles. The van der Waals surface area contributed by atoms with E-state index in [1.54, 1.807) is 41.5 Å². The molecule has 50 heavy (non-hydrogen) atoms. The van der Waals surface area contributed by atoms with E-state index in [4.69, 9.17) is 27.8 Å². The molecule has 0 saturated heterocycles. The SMILES string of the molecule is CCOC(=O)OCOP(=O)(OCOC(=O)OCC)OCC(C[C@H](C)n1ccc(=O)n(COC(=O)C(NC(=O)OC(C)(C)C)C(C)C)c1=O)OC. The number of nitrogens with one attached hydrogen (secondary N) is 1. The van der Waals surface area contributed by atoms with E-state index in [2.05, 4.69) is 24.3 Å². The minimum atomic E-state index is -4.57. The molecular weight excluding hydrogens is 693 g/mol. The summed E-state index contributed by atoms with van der Waals surface area (Å²) in [6.07, 6.45) is -2.70. The molecule has 0 fully saturated rings. The van der Waals surface area contributed by atoms with E-state index in [0.717, 1.165) is 6.07 Å². The molecule has 1 amide bonds. The van der Waals surface area contributed by atoms with Gasteiger partial charge in [-0.1, -0.05) is 13.8 Å². The third-order valence-electron chi connectivity index (χ3n) is 6.15. The summed E-state index contributed by atoms with van der Waals surface area (Å²) in [6, 6.07) is -0.729. The van der Waals surface area contributed by atoms with Crippen LogP contribution in [-0.2, 0) is 62.8 Å². The number of amides is 1. The van der Waals surface area contributed by atoms with Gasteiger partial charge in [0.05, 0.1) is 25.9 Å². The molecule has 1 rings (SSSR count). The highest BCUT2D eigenvalue weighted by molar-refractivity contribution is 7.48. The number of carbonyl (C=O) groups excluding carboxylic acids is 4. The van der Waals surface area contributed by atoms with Crippen LogP contribution in [0.25, 0.3) is 0 Å². The van der Waals surface area contributed by atoms with Crippen LogP contribution < -0.4 is 16.6 Å². The molecule has 1 aromatic rings. The quantitative estimate of drug-likeness (QED) is 0.0872. The first-order chi connectivity index (χ1) is 23.4. The maximum atomic E-state index is 13.3. The van der Waals surface area contributed by atoms with E-state index in [0.29, 0.717) is 4.57 Å². The fraction of sp³-hybridized carbons (Fsp3) is 0.724. The maximum absolute atomic E-state index is 13.3. The van der Waals surface area contributed by atoms with Crippen LogP contribution in [0.15, 0.2) is 21.9 Å². The fourth-order valence-electron chi connectivity index (χ4n) is 3.75. The van der Waals surface area contributed by atoms with Crippen LogP contribution in [-0.4, -0.2) is 91.8 Å². The summed E-state index contributed by atoms with van der Waals surface area (Å²) >= 11 is 0. The third-order valence-corrected chi connectivity index (χ3v) is 7.46. The van der Waals surface area contributed by atoms with E-state index in [1.165, 1.54) is 31.7 Å². The lowest BCUT2D eigenvalue weighted by Crippen LogP contribution is -2.48. The number of rotatable bonds is 20. The van der Waals surface area contributed by atoms with Crippen molar-refractivity contribution in [3.63, 3.8) is 0 Å². The summed E-state index contributed by atoms with van der Waals surface area (Å²) in [5.41, 5.74) is -2.41. The van der Waals surface area contributed by atoms with Crippen molar-refractivity contribution >= 4 is 32.2 Å². The molecule has 0 aromatic carbocycles. The fourth-order valence-corrected chi connectivity index (χ4v) is 4.68. The predicted molar refractivity (Wildman–Crippen MR) is 171 cm³/mol. The zero-order chi connectivity index (χ0) is 38.1. The average Bonchev–Trinajstić information content (AvgIpc) is 3.01. The molecule has 1 N–H and O–H groups in total. The van der Waals surface area contributed by atoms with Gasteiger partial charge >= 0.3 is 37.9 Å². The number of esters is 1. The van der Waals surface area contributed by atoms with Gasteiger partial charge in [0.1, 0.15) is 11.6 Å². The summed E-state index contributed by atoms with van der Waals surface area (Å²) in [4.78, 5) is 73.9. The molecule has 0 spiro atoms. The summed E-state index contributed by atoms with van der Waals surface area (Å²) in [5, 5.41) is 2.44. The number of methoxy groups -OCH3 is 1. The molecule has 21 heteroatoms. The molecule has 0 aliphatic carbocycles. The number of ether oxygens (including phenoxy) is 7. The highest BCUT2D eigenvalue weighted by atomic mass is 31.2. The number of phosphoric acid groups is 1. The topological polar surface area (TPSA) is 234 Å². The second kappa shape index (κ2) is 21.3. The second-order valence-electron chi connectivity index (χ2n) is 11.6. The summed E-state index contributed by atoms with van der Waals surface area (Å²) in [7, 11) is -3.27. The number of nitrogens with zero attached hydrogens (tertiary/aromatic N) is 2. The minimum Gasteiger partial charge on any atom is -0.444 e. The van der Waals surface area contributed by atoms with Gasteiger partial charge in [-0.25, -0.2) is 42.2 Å². The Morgan fingerprint density at radius 2 is 1.44 bits per heavy atom. The Hall–Kier alpha value is -3.97. The van der Waals surface area contributed by atoms with E-state index >= 15 is 0 Å². The van der Waals surface area contributed by atoms with Crippen LogP contribution in [0.1, 0.15) is 67.9 Å². The molecular formula is C29H48N3O17P. The smallest absolute Gasteiger partial charge is 0.444 e. The van der Waals surface area contributed by atoms with Crippen molar-refractivity contribution in [2.75, 3.05) is 40.5 Å². The minimum absolute atomic E-state index is 0.00227. The van der Waals surface area contributed by atoms with Gasteiger partial charge in [-0.05, 0) is 53.9 Å². The highest BCUT2D eigenvalue weighted by Crippen LogP contribution is 2.49. The molecule has 20 nitrogen and oxygen atoms in total. The lowest BCUT2D eigenvalue weighted by molar-refractivity contribution is -0.151. The van der Waals surface area contributed by atoms with Crippen LogP contribution in [0.3, 0.4) is 0 Å². The van der Waals surface area contributed by atoms with Gasteiger partial charge in [0, 0.05) is 25.4 Å². The van der Waals surface area contributed by atoms with Crippen LogP contribution >= 0.6 is 7.82 Å². The molecule has 0 aliphatic rings. The number of carbonyl (C=O) groups is 4. The van der Waals surface area contributed by atoms with Crippen molar-refractivity contribution in [1.82, 2.24) is 14.5 Å². The molecule has 0 bridgehead atoms. The Morgan fingerprint density at radius 1 is 0.880 bits per heavy atom. The van der Waals surface area contributed by atoms with Crippen molar-refractivity contribution < 1.29 is 70.5 Å². The third kappa shape index (κ3) is 16.2. The Balaban J connectivity index is 3.01. The highest BCUT2D eigenvalue weighted by Gasteiger charge is 2.32. The first-order valence-corrected chi connectivity index (χ1v) is 17.0. The molecule has 0 radical (unpaired) electrons. The van der Waals surface area contributed by atoms with Gasteiger partial charge in [0.2, 0.25) is 13.6 Å². The van der Waals surface area contributed by atoms with Crippen molar-refractivity contribution in [2.45, 2.75) is 92.3 Å². The monoisotopic (exact) mass is 741 g/mol. The van der Waals surface area contributed by atoms with Gasteiger partial charge in [-0.3, -0.25) is 13.9 Å². The van der Waals surface area contributed by atoms with Crippen molar-refractivity contribution in [2.24, 2.45) is 5.92 Å². The van der Waals surface area contributed by atoms with Gasteiger partial charge < -0.3 is 38.5 Å². The van der Waals surface area contributed by atoms with Gasteiger partial charge in [0.15, 0.2) is 6.73 Å². The normalized spacial score (nSPS) is 13.5. The van der Waals surface area contributed by atoms with Crippen molar-refractivity contribution in [1.29, 1.82) is 0 Å². The Bertz CT molecular complexity index is 1390. The Labute approximate surface area is 289 Å². The van der Waals surface area contributed by atoms with E-state index in [-0.39, 0.29) is 19.6 Å². The average molecular weight is 742 g/mol. The van der Waals surface area contributed by atoms with Gasteiger partial charge in [0.25, 0.3) is 5.56 Å². The maximum Gasteiger partial charge on any atom is 0.510 e. The number of aromatic nitrogens is 2. The van der Waals surface area contributed by atoms with Crippen molar-refractivity contribution in [3.8, 4) is 0 Å². The Morgan fingerprint density at radius 3 is 1.92 bits per heavy atom. The van der Waals surface area contributed by atoms with Gasteiger partial charge in [-0.15, -0.1) is 0 Å². The Kier molecular flexibility index (Phi) is 18.8. The molecule has 0 aliphatic heterocycles. The lowest BCUT2D eigenvalue weighted by atomic mass is 10.1. The van der Waals surface area contributed by atoms with Crippen LogP contribution in [0.5, 0.6) is 0 Å². The van der Waals surface area contributed by atoms with E-state index in [9.17, 15) is 33.3 Å². The number of hydrogen-bond donors (Lipinski definition) is 1. The second-order valence-corrected chi connectivity index (χ2v) is 13.2. The summed E-state index contributed by atoms with van der Waals surface area (Å²) in [6.45, 7) is 9.93. The summed E-state index contributed by atoms with van der Waals surface area (Å²) < 4.78 is 64.6. The zero-order valence-corrected chi connectivity index (χ0v) is 30.6. The van der Waals surface area contributed by atoms with Crippen LogP contribution in [0.2, 0.25) is 0 Å². The molecule has 3 atom stereocenters. The first-order valence-electron chi connectivity index (χ1n) is 15.5. The largest absolute Gasteiger partial charge is 0.510 e. The van der Waals surface area contributed by atoms with E-state index in [1.807, 2.05) is 0 Å². The predicted octanol–water partition coefficient (Wildman–Crippen LogP) is 3.45.